The van der Waals surface area contributed by atoms with E-state index in [9.17, 15) is 4.79 Å². The Kier molecular flexibility index (Phi) is 6.18. The average Bonchev–Trinajstić information content (AvgIpc) is 3.10. The van der Waals surface area contributed by atoms with E-state index in [1.165, 1.54) is 26.8 Å². The quantitative estimate of drug-likeness (QED) is 0.437. The van der Waals surface area contributed by atoms with Gasteiger partial charge in [-0.15, -0.1) is 0 Å². The summed E-state index contributed by atoms with van der Waals surface area (Å²) in [4.78, 5) is 20.1. The first-order valence-corrected chi connectivity index (χ1v) is 11.5. The number of nitrogens with zero attached hydrogens (tertiary/aromatic N) is 3. The topological polar surface area (TPSA) is 77.9 Å². The van der Waals surface area contributed by atoms with Gasteiger partial charge in [0.2, 0.25) is 5.75 Å². The molecule has 0 atom stereocenters. The van der Waals surface area contributed by atoms with Gasteiger partial charge in [-0.3, -0.25) is 4.79 Å². The highest BCUT2D eigenvalue weighted by atomic mass is 16.5. The molecule has 1 N–H and O–H groups in total. The molecule has 180 valence electrons. The van der Waals surface area contributed by atoms with Crippen molar-refractivity contribution in [1.82, 2.24) is 9.55 Å². The first-order chi connectivity index (χ1) is 17.1. The lowest BCUT2D eigenvalue weighted by Gasteiger charge is -2.22. The molecule has 35 heavy (non-hydrogen) atoms. The van der Waals surface area contributed by atoms with Crippen molar-refractivity contribution in [3.8, 4) is 17.2 Å². The summed E-state index contributed by atoms with van der Waals surface area (Å²) in [6.07, 6.45) is 1.03. The standard InChI is InChI=1S/C27H28N4O4/c1-33-23-15-18(16-24(34-2)26(23)35-3)27(32)28-19-9-11-20(12-10-19)30-13-6-14-31-22-8-5-4-7-21(22)29-25(31)17-30/h4-5,7-12,15-16H,6,13-14,17H2,1-3H3,(H,28,32). The summed E-state index contributed by atoms with van der Waals surface area (Å²) < 4.78 is 18.4. The summed E-state index contributed by atoms with van der Waals surface area (Å²) in [7, 11) is 4.58. The van der Waals surface area contributed by atoms with Crippen LogP contribution in [0.15, 0.2) is 60.7 Å². The summed E-state index contributed by atoms with van der Waals surface area (Å²) in [5, 5.41) is 2.95. The number of fused-ring (bicyclic) bond motifs is 3. The number of hydrogen-bond donors (Lipinski definition) is 1. The monoisotopic (exact) mass is 472 g/mol. The van der Waals surface area contributed by atoms with Gasteiger partial charge in [0, 0.05) is 30.0 Å². The van der Waals surface area contributed by atoms with Crippen LogP contribution in [0.3, 0.4) is 0 Å². The van der Waals surface area contributed by atoms with E-state index in [1.807, 2.05) is 30.3 Å². The third-order valence-electron chi connectivity index (χ3n) is 6.29. The van der Waals surface area contributed by atoms with Gasteiger partial charge in [0.15, 0.2) is 11.5 Å². The molecule has 0 saturated carbocycles. The fraction of sp³-hybridized carbons (Fsp3) is 0.259. The first kappa shape index (κ1) is 22.6. The normalized spacial score (nSPS) is 13.2. The zero-order valence-electron chi connectivity index (χ0n) is 20.1. The van der Waals surface area contributed by atoms with Gasteiger partial charge >= 0.3 is 0 Å². The lowest BCUT2D eigenvalue weighted by molar-refractivity contribution is 0.102. The van der Waals surface area contributed by atoms with Crippen LogP contribution < -0.4 is 24.4 Å². The lowest BCUT2D eigenvalue weighted by Crippen LogP contribution is -2.23. The van der Waals surface area contributed by atoms with E-state index in [1.54, 1.807) is 12.1 Å². The van der Waals surface area contributed by atoms with Crippen LogP contribution in [0.5, 0.6) is 17.2 Å². The summed E-state index contributed by atoms with van der Waals surface area (Å²) >= 11 is 0. The molecule has 1 aliphatic rings. The molecule has 0 spiro atoms. The van der Waals surface area contributed by atoms with E-state index >= 15 is 0 Å². The van der Waals surface area contributed by atoms with Crippen molar-refractivity contribution in [2.45, 2.75) is 19.5 Å². The highest BCUT2D eigenvalue weighted by Crippen LogP contribution is 2.38. The molecule has 0 fully saturated rings. The van der Waals surface area contributed by atoms with E-state index < -0.39 is 0 Å². The number of imidazole rings is 1. The van der Waals surface area contributed by atoms with Crippen LogP contribution in [0.1, 0.15) is 22.6 Å². The van der Waals surface area contributed by atoms with Crippen LogP contribution in [0, 0.1) is 0 Å². The number of amides is 1. The van der Waals surface area contributed by atoms with Crippen molar-refractivity contribution in [2.24, 2.45) is 0 Å². The second kappa shape index (κ2) is 9.58. The van der Waals surface area contributed by atoms with Gasteiger partial charge in [0.25, 0.3) is 5.91 Å². The smallest absolute Gasteiger partial charge is 0.255 e. The Morgan fingerprint density at radius 3 is 2.31 bits per heavy atom. The van der Waals surface area contributed by atoms with Crippen molar-refractivity contribution in [3.63, 3.8) is 0 Å². The van der Waals surface area contributed by atoms with E-state index in [2.05, 4.69) is 33.0 Å². The molecular formula is C27H28N4O4. The maximum atomic E-state index is 12.9. The van der Waals surface area contributed by atoms with Gasteiger partial charge in [-0.05, 0) is 55.0 Å². The molecule has 0 saturated heterocycles. The van der Waals surface area contributed by atoms with Crippen molar-refractivity contribution in [2.75, 3.05) is 38.1 Å². The van der Waals surface area contributed by atoms with E-state index in [-0.39, 0.29) is 5.91 Å². The van der Waals surface area contributed by atoms with Crippen molar-refractivity contribution in [3.05, 3.63) is 72.1 Å². The van der Waals surface area contributed by atoms with E-state index in [0.29, 0.717) is 28.5 Å². The Labute approximate surface area is 204 Å². The van der Waals surface area contributed by atoms with Crippen LogP contribution in [-0.4, -0.2) is 43.3 Å². The number of carbonyl (C=O) groups excluding carboxylic acids is 1. The molecule has 8 heteroatoms. The van der Waals surface area contributed by atoms with Crippen LogP contribution >= 0.6 is 0 Å². The fourth-order valence-corrected chi connectivity index (χ4v) is 4.56. The maximum absolute atomic E-state index is 12.9. The number of para-hydroxylation sites is 2. The SMILES string of the molecule is COc1cc(C(=O)Nc2ccc(N3CCCn4c(nc5ccccc54)C3)cc2)cc(OC)c1OC. The van der Waals surface area contributed by atoms with Crippen molar-refractivity contribution in [1.29, 1.82) is 0 Å². The number of aromatic nitrogens is 2. The number of ether oxygens (including phenoxy) is 3. The van der Waals surface area contributed by atoms with Gasteiger partial charge in [-0.25, -0.2) is 4.98 Å². The van der Waals surface area contributed by atoms with Crippen molar-refractivity contribution < 1.29 is 19.0 Å². The molecule has 0 bridgehead atoms. The fourth-order valence-electron chi connectivity index (χ4n) is 4.56. The number of benzene rings is 3. The van der Waals surface area contributed by atoms with E-state index in [0.717, 1.165) is 43.1 Å². The Balaban J connectivity index is 1.32. The first-order valence-electron chi connectivity index (χ1n) is 11.5. The summed E-state index contributed by atoms with van der Waals surface area (Å²) in [6.45, 7) is 2.63. The predicted octanol–water partition coefficient (Wildman–Crippen LogP) is 4.72. The third-order valence-corrected chi connectivity index (χ3v) is 6.29. The molecule has 8 nitrogen and oxygen atoms in total. The predicted molar refractivity (Wildman–Crippen MR) is 136 cm³/mol. The molecule has 4 aromatic rings. The number of carbonyl (C=O) groups is 1. The molecule has 1 aromatic heterocycles. The minimum absolute atomic E-state index is 0.263. The van der Waals surface area contributed by atoms with Crippen LogP contribution in [0.25, 0.3) is 11.0 Å². The highest BCUT2D eigenvalue weighted by Gasteiger charge is 2.20. The largest absolute Gasteiger partial charge is 0.493 e. The summed E-state index contributed by atoms with van der Waals surface area (Å²) in [6, 6.07) is 19.4. The van der Waals surface area contributed by atoms with Gasteiger partial charge < -0.3 is 29.0 Å². The molecule has 0 aliphatic carbocycles. The van der Waals surface area contributed by atoms with Gasteiger partial charge in [-0.2, -0.15) is 0 Å². The Hall–Kier alpha value is -4.20. The number of nitrogens with one attached hydrogen (secondary N) is 1. The maximum Gasteiger partial charge on any atom is 0.255 e. The molecule has 2 heterocycles. The molecule has 0 unspecified atom stereocenters. The van der Waals surface area contributed by atoms with Crippen LogP contribution in [-0.2, 0) is 13.1 Å². The molecule has 5 rings (SSSR count). The Morgan fingerprint density at radius 1 is 0.914 bits per heavy atom. The third kappa shape index (κ3) is 4.35. The Morgan fingerprint density at radius 2 is 1.63 bits per heavy atom. The van der Waals surface area contributed by atoms with Crippen LogP contribution in [0.2, 0.25) is 0 Å². The highest BCUT2D eigenvalue weighted by molar-refractivity contribution is 6.05. The number of anilines is 2. The minimum atomic E-state index is -0.263. The second-order valence-corrected chi connectivity index (χ2v) is 8.36. The molecule has 0 radical (unpaired) electrons. The van der Waals surface area contributed by atoms with Gasteiger partial charge in [0.05, 0.1) is 38.9 Å². The average molecular weight is 473 g/mol. The minimum Gasteiger partial charge on any atom is -0.493 e. The van der Waals surface area contributed by atoms with Crippen LogP contribution in [0.4, 0.5) is 11.4 Å². The van der Waals surface area contributed by atoms with Crippen molar-refractivity contribution >= 4 is 28.3 Å². The number of methoxy groups -OCH3 is 3. The molecular weight excluding hydrogens is 444 g/mol. The zero-order chi connectivity index (χ0) is 24.4. The van der Waals surface area contributed by atoms with E-state index in [4.69, 9.17) is 19.2 Å². The second-order valence-electron chi connectivity index (χ2n) is 8.36. The number of rotatable bonds is 6. The summed E-state index contributed by atoms with van der Waals surface area (Å²) in [5.41, 5.74) is 4.43. The molecule has 1 aliphatic heterocycles. The number of aryl methyl sites for hydroxylation is 1. The zero-order valence-corrected chi connectivity index (χ0v) is 20.1. The van der Waals surface area contributed by atoms with Gasteiger partial charge in [-0.1, -0.05) is 12.1 Å². The number of hydrogen-bond acceptors (Lipinski definition) is 6. The Bertz CT molecular complexity index is 1340. The molecule has 3 aromatic carbocycles. The lowest BCUT2D eigenvalue weighted by atomic mass is 10.1. The summed E-state index contributed by atoms with van der Waals surface area (Å²) in [5.74, 6) is 2.12. The molecule has 1 amide bonds. The van der Waals surface area contributed by atoms with Gasteiger partial charge in [0.1, 0.15) is 5.82 Å².